The molecule has 0 aliphatic carbocycles. The summed E-state index contributed by atoms with van der Waals surface area (Å²) in [5.74, 6) is -1.54. The predicted molar refractivity (Wildman–Crippen MR) is 55.4 cm³/mol. The minimum atomic E-state index is -1.19. The molecule has 0 aliphatic heterocycles. The van der Waals surface area contributed by atoms with Crippen molar-refractivity contribution in [3.63, 3.8) is 0 Å². The Labute approximate surface area is 89.8 Å². The summed E-state index contributed by atoms with van der Waals surface area (Å²) in [7, 11) is 0. The monoisotopic (exact) mass is 223 g/mol. The second-order valence-electron chi connectivity index (χ2n) is 2.99. The van der Waals surface area contributed by atoms with Crippen LogP contribution in [0.2, 0.25) is 5.02 Å². The van der Waals surface area contributed by atoms with Gasteiger partial charge in [0.25, 0.3) is 0 Å². The molecule has 0 atom stereocenters. The van der Waals surface area contributed by atoms with Crippen LogP contribution < -0.4 is 0 Å². The van der Waals surface area contributed by atoms with E-state index < -0.39 is 5.97 Å². The summed E-state index contributed by atoms with van der Waals surface area (Å²) in [5.41, 5.74) is 0.286. The van der Waals surface area contributed by atoms with Gasteiger partial charge >= 0.3 is 5.97 Å². The van der Waals surface area contributed by atoms with Crippen LogP contribution in [-0.4, -0.2) is 21.2 Å². The van der Waals surface area contributed by atoms with Gasteiger partial charge in [-0.15, -0.1) is 0 Å². The van der Waals surface area contributed by atoms with Gasteiger partial charge in [0.2, 0.25) is 0 Å². The zero-order valence-electron chi connectivity index (χ0n) is 7.44. The third-order valence-electron chi connectivity index (χ3n) is 2.03. The van der Waals surface area contributed by atoms with Gasteiger partial charge < -0.3 is 10.2 Å². The number of hydrogen-bond donors (Lipinski definition) is 2. The van der Waals surface area contributed by atoms with Crippen LogP contribution in [-0.2, 0) is 0 Å². The van der Waals surface area contributed by atoms with Crippen molar-refractivity contribution >= 4 is 28.5 Å². The molecule has 0 bridgehead atoms. The number of aromatic nitrogens is 1. The number of halogens is 1. The van der Waals surface area contributed by atoms with Crippen LogP contribution >= 0.6 is 11.6 Å². The number of carboxylic acid groups (broad SMARTS) is 1. The van der Waals surface area contributed by atoms with Crippen LogP contribution in [0.4, 0.5) is 0 Å². The van der Waals surface area contributed by atoms with E-state index in [2.05, 4.69) is 4.98 Å². The molecular weight excluding hydrogens is 218 g/mol. The molecule has 0 radical (unpaired) electrons. The molecule has 15 heavy (non-hydrogen) atoms. The molecule has 2 rings (SSSR count). The fraction of sp³-hybridized carbons (Fsp3) is 0. The van der Waals surface area contributed by atoms with E-state index in [0.717, 1.165) is 6.20 Å². The van der Waals surface area contributed by atoms with Gasteiger partial charge in [0.05, 0.1) is 11.7 Å². The summed E-state index contributed by atoms with van der Waals surface area (Å²) in [4.78, 5) is 14.8. The fourth-order valence-corrected chi connectivity index (χ4v) is 1.55. The van der Waals surface area contributed by atoms with Crippen molar-refractivity contribution in [2.75, 3.05) is 0 Å². The number of carbonyl (C=O) groups is 1. The molecule has 2 N–H and O–H groups in total. The number of nitrogens with zero attached hydrogens (tertiary/aromatic N) is 1. The molecule has 0 saturated heterocycles. The third kappa shape index (κ3) is 1.59. The maximum absolute atomic E-state index is 10.9. The SMILES string of the molecule is O=C(O)c1c(O)cnc2cc(Cl)ccc12. The van der Waals surface area contributed by atoms with Crippen molar-refractivity contribution in [3.8, 4) is 5.75 Å². The van der Waals surface area contributed by atoms with Gasteiger partial charge in [-0.3, -0.25) is 4.98 Å². The van der Waals surface area contributed by atoms with Crippen LogP contribution in [0.25, 0.3) is 10.9 Å². The topological polar surface area (TPSA) is 70.4 Å². The molecule has 76 valence electrons. The molecule has 0 aliphatic rings. The lowest BCUT2D eigenvalue weighted by molar-refractivity contribution is 0.0696. The Bertz CT molecular complexity index is 554. The first-order valence-corrected chi connectivity index (χ1v) is 4.48. The first-order valence-electron chi connectivity index (χ1n) is 4.10. The number of carboxylic acids is 1. The molecule has 0 fully saturated rings. The highest BCUT2D eigenvalue weighted by Crippen LogP contribution is 2.26. The van der Waals surface area contributed by atoms with Crippen LogP contribution in [0.3, 0.4) is 0 Å². The number of fused-ring (bicyclic) bond motifs is 1. The Balaban J connectivity index is 2.88. The minimum Gasteiger partial charge on any atom is -0.505 e. The van der Waals surface area contributed by atoms with Gasteiger partial charge in [0.15, 0.2) is 0 Å². The van der Waals surface area contributed by atoms with Gasteiger partial charge in [0.1, 0.15) is 11.3 Å². The van der Waals surface area contributed by atoms with Crippen molar-refractivity contribution in [1.29, 1.82) is 0 Å². The zero-order chi connectivity index (χ0) is 11.0. The zero-order valence-corrected chi connectivity index (χ0v) is 8.19. The van der Waals surface area contributed by atoms with Crippen LogP contribution in [0.5, 0.6) is 5.75 Å². The molecule has 4 nitrogen and oxygen atoms in total. The highest BCUT2D eigenvalue weighted by molar-refractivity contribution is 6.31. The van der Waals surface area contributed by atoms with Crippen molar-refractivity contribution in [3.05, 3.63) is 35.0 Å². The van der Waals surface area contributed by atoms with Gasteiger partial charge in [-0.05, 0) is 12.1 Å². The molecule has 5 heteroatoms. The van der Waals surface area contributed by atoms with Crippen molar-refractivity contribution in [2.45, 2.75) is 0 Å². The lowest BCUT2D eigenvalue weighted by Crippen LogP contribution is -1.99. The van der Waals surface area contributed by atoms with Crippen molar-refractivity contribution in [1.82, 2.24) is 4.98 Å². The van der Waals surface area contributed by atoms with Crippen molar-refractivity contribution < 1.29 is 15.0 Å². The molecule has 2 aromatic rings. The van der Waals surface area contributed by atoms with Gasteiger partial charge in [-0.1, -0.05) is 17.7 Å². The van der Waals surface area contributed by atoms with E-state index in [1.165, 1.54) is 6.07 Å². The van der Waals surface area contributed by atoms with Gasteiger partial charge in [-0.25, -0.2) is 4.79 Å². The molecule has 0 amide bonds. The Hall–Kier alpha value is -1.81. The lowest BCUT2D eigenvalue weighted by Gasteiger charge is -2.04. The lowest BCUT2D eigenvalue weighted by atomic mass is 10.1. The Morgan fingerprint density at radius 3 is 2.80 bits per heavy atom. The number of aromatic hydroxyl groups is 1. The van der Waals surface area contributed by atoms with E-state index in [4.69, 9.17) is 16.7 Å². The van der Waals surface area contributed by atoms with Crippen LogP contribution in [0.1, 0.15) is 10.4 Å². The minimum absolute atomic E-state index is 0.156. The summed E-state index contributed by atoms with van der Waals surface area (Å²) >= 11 is 5.74. The van der Waals surface area contributed by atoms with Crippen LogP contribution in [0, 0.1) is 0 Å². The molecule has 0 spiro atoms. The number of benzene rings is 1. The van der Waals surface area contributed by atoms with Gasteiger partial charge in [-0.2, -0.15) is 0 Å². The standard InChI is InChI=1S/C10H6ClNO3/c11-5-1-2-6-7(3-5)12-4-8(13)9(6)10(14)15/h1-4,13H,(H,14,15). The number of rotatable bonds is 1. The summed E-state index contributed by atoms with van der Waals surface area (Å²) in [6, 6.07) is 4.62. The van der Waals surface area contributed by atoms with E-state index in [0.29, 0.717) is 15.9 Å². The molecular formula is C10H6ClNO3. The molecule has 1 aromatic carbocycles. The number of aromatic carboxylic acids is 1. The summed E-state index contributed by atoms with van der Waals surface area (Å²) < 4.78 is 0. The highest BCUT2D eigenvalue weighted by atomic mass is 35.5. The van der Waals surface area contributed by atoms with E-state index in [9.17, 15) is 9.90 Å². The number of hydrogen-bond acceptors (Lipinski definition) is 3. The predicted octanol–water partition coefficient (Wildman–Crippen LogP) is 2.29. The molecule has 1 heterocycles. The van der Waals surface area contributed by atoms with E-state index in [-0.39, 0.29) is 11.3 Å². The second-order valence-corrected chi connectivity index (χ2v) is 3.42. The summed E-state index contributed by atoms with van der Waals surface area (Å²) in [6.07, 6.45) is 1.10. The van der Waals surface area contributed by atoms with E-state index >= 15 is 0 Å². The van der Waals surface area contributed by atoms with E-state index in [1.54, 1.807) is 12.1 Å². The maximum atomic E-state index is 10.9. The van der Waals surface area contributed by atoms with Crippen molar-refractivity contribution in [2.24, 2.45) is 0 Å². The quantitative estimate of drug-likeness (QED) is 0.778. The highest BCUT2D eigenvalue weighted by Gasteiger charge is 2.14. The maximum Gasteiger partial charge on any atom is 0.340 e. The second kappa shape index (κ2) is 3.40. The smallest absolute Gasteiger partial charge is 0.340 e. The summed E-state index contributed by atoms with van der Waals surface area (Å²) in [6.45, 7) is 0. The first kappa shape index (κ1) is 9.73. The first-order chi connectivity index (χ1) is 7.09. The van der Waals surface area contributed by atoms with Crippen LogP contribution in [0.15, 0.2) is 24.4 Å². The Morgan fingerprint density at radius 1 is 1.40 bits per heavy atom. The Morgan fingerprint density at radius 2 is 2.13 bits per heavy atom. The van der Waals surface area contributed by atoms with E-state index in [1.807, 2.05) is 0 Å². The Kier molecular flexibility index (Phi) is 2.21. The molecule has 0 unspecified atom stereocenters. The number of pyridine rings is 1. The third-order valence-corrected chi connectivity index (χ3v) is 2.26. The fourth-order valence-electron chi connectivity index (χ4n) is 1.38. The average molecular weight is 224 g/mol. The average Bonchev–Trinajstić information content (AvgIpc) is 2.17. The normalized spacial score (nSPS) is 10.5. The molecule has 0 saturated carbocycles. The molecule has 1 aromatic heterocycles. The van der Waals surface area contributed by atoms with Gasteiger partial charge in [0, 0.05) is 10.4 Å². The summed E-state index contributed by atoms with van der Waals surface area (Å²) in [5, 5.41) is 19.1. The largest absolute Gasteiger partial charge is 0.505 e.